The zero-order valence-corrected chi connectivity index (χ0v) is 15.2. The van der Waals surface area contributed by atoms with Crippen molar-refractivity contribution in [1.82, 2.24) is 25.1 Å². The number of carbonyl (C=O) groups is 1. The van der Waals surface area contributed by atoms with Crippen LogP contribution in [0.5, 0.6) is 0 Å². The number of likely N-dealkylation sites (tertiary alicyclic amines) is 1. The number of hydrogen-bond donors (Lipinski definition) is 1. The van der Waals surface area contributed by atoms with Crippen LogP contribution in [0.25, 0.3) is 11.4 Å². The first-order valence-corrected chi connectivity index (χ1v) is 9.41. The van der Waals surface area contributed by atoms with Crippen LogP contribution in [-0.2, 0) is 13.1 Å². The van der Waals surface area contributed by atoms with Gasteiger partial charge in [-0.2, -0.15) is 0 Å². The molecule has 1 aromatic carbocycles. The molecule has 2 aliphatic heterocycles. The Hall–Kier alpha value is -2.47. The third-order valence-corrected chi connectivity index (χ3v) is 5.26. The Kier molecular flexibility index (Phi) is 4.84. The van der Waals surface area contributed by atoms with Gasteiger partial charge in [-0.05, 0) is 25.9 Å². The maximum atomic E-state index is 12.7. The van der Waals surface area contributed by atoms with Crippen molar-refractivity contribution >= 4 is 6.03 Å². The molecule has 1 N–H and O–H groups in total. The first-order chi connectivity index (χ1) is 12.7. The summed E-state index contributed by atoms with van der Waals surface area (Å²) in [5, 5.41) is 3.20. The normalized spacial score (nSPS) is 20.0. The van der Waals surface area contributed by atoms with E-state index < -0.39 is 0 Å². The summed E-state index contributed by atoms with van der Waals surface area (Å²) in [4.78, 5) is 26.1. The number of rotatable bonds is 3. The number of carbonyl (C=O) groups excluding carboxylic acids is 1. The zero-order valence-electron chi connectivity index (χ0n) is 15.2. The van der Waals surface area contributed by atoms with Crippen molar-refractivity contribution in [3.05, 3.63) is 47.8 Å². The summed E-state index contributed by atoms with van der Waals surface area (Å²) in [6.45, 7) is 6.43. The monoisotopic (exact) mass is 351 g/mol. The van der Waals surface area contributed by atoms with E-state index in [9.17, 15) is 4.79 Å². The number of nitrogens with one attached hydrogen (secondary N) is 1. The fourth-order valence-corrected chi connectivity index (χ4v) is 3.75. The van der Waals surface area contributed by atoms with Crippen molar-refractivity contribution in [3.63, 3.8) is 0 Å². The predicted molar refractivity (Wildman–Crippen MR) is 100 cm³/mol. The maximum absolute atomic E-state index is 12.7. The topological polar surface area (TPSA) is 61.4 Å². The molecule has 26 heavy (non-hydrogen) atoms. The molecule has 2 aromatic rings. The molecule has 6 nitrogen and oxygen atoms in total. The molecule has 4 rings (SSSR count). The molecule has 0 aliphatic carbocycles. The lowest BCUT2D eigenvalue weighted by Crippen LogP contribution is -2.50. The number of aromatic nitrogens is 2. The minimum atomic E-state index is 0.00668. The second-order valence-corrected chi connectivity index (χ2v) is 7.07. The van der Waals surface area contributed by atoms with E-state index in [-0.39, 0.29) is 12.1 Å². The highest BCUT2D eigenvalue weighted by Gasteiger charge is 2.28. The van der Waals surface area contributed by atoms with Gasteiger partial charge in [-0.3, -0.25) is 0 Å². The van der Waals surface area contributed by atoms with Gasteiger partial charge >= 0.3 is 6.03 Å². The highest BCUT2D eigenvalue weighted by molar-refractivity contribution is 5.75. The molecule has 2 aliphatic rings. The summed E-state index contributed by atoms with van der Waals surface area (Å²) in [7, 11) is 0. The average molecular weight is 351 g/mol. The summed E-state index contributed by atoms with van der Waals surface area (Å²) >= 11 is 0. The van der Waals surface area contributed by atoms with Crippen LogP contribution in [0.3, 0.4) is 0 Å². The van der Waals surface area contributed by atoms with E-state index in [0.717, 1.165) is 55.1 Å². The molecule has 3 heterocycles. The van der Waals surface area contributed by atoms with Crippen LogP contribution in [0.1, 0.15) is 31.0 Å². The average Bonchev–Trinajstić information content (AvgIpc) is 3.12. The van der Waals surface area contributed by atoms with E-state index in [1.54, 1.807) is 0 Å². The lowest BCUT2D eigenvalue weighted by Gasteiger charge is -2.33. The van der Waals surface area contributed by atoms with Gasteiger partial charge in [-0.1, -0.05) is 37.3 Å². The molecule has 1 fully saturated rings. The van der Waals surface area contributed by atoms with Gasteiger partial charge in [0, 0.05) is 29.9 Å². The maximum Gasteiger partial charge on any atom is 0.318 e. The van der Waals surface area contributed by atoms with Crippen molar-refractivity contribution in [1.29, 1.82) is 0 Å². The Labute approximate surface area is 154 Å². The second-order valence-electron chi connectivity index (χ2n) is 7.07. The highest BCUT2D eigenvalue weighted by Crippen LogP contribution is 2.23. The lowest BCUT2D eigenvalue weighted by molar-refractivity contribution is 0.170. The SMILES string of the molecule is CCN1CCCC(NC(=O)N2Cc3cnc(-c4ccccc4)nc3C2)C1. The van der Waals surface area contributed by atoms with Crippen LogP contribution in [0.4, 0.5) is 4.79 Å². The minimum absolute atomic E-state index is 0.00668. The van der Waals surface area contributed by atoms with E-state index in [2.05, 4.69) is 27.1 Å². The molecule has 0 saturated carbocycles. The molecule has 1 aromatic heterocycles. The van der Waals surface area contributed by atoms with Crippen molar-refractivity contribution in [2.75, 3.05) is 19.6 Å². The number of amides is 2. The van der Waals surface area contributed by atoms with E-state index in [0.29, 0.717) is 13.1 Å². The van der Waals surface area contributed by atoms with Crippen LogP contribution in [0.15, 0.2) is 36.5 Å². The molecule has 6 heteroatoms. The zero-order chi connectivity index (χ0) is 17.9. The van der Waals surface area contributed by atoms with Gasteiger partial charge in [0.1, 0.15) is 0 Å². The first-order valence-electron chi connectivity index (χ1n) is 9.41. The number of urea groups is 1. The Morgan fingerprint density at radius 1 is 1.27 bits per heavy atom. The summed E-state index contributed by atoms with van der Waals surface area (Å²) in [5.74, 6) is 0.720. The Bertz CT molecular complexity index is 779. The molecule has 136 valence electrons. The second kappa shape index (κ2) is 7.41. The van der Waals surface area contributed by atoms with Crippen molar-refractivity contribution in [3.8, 4) is 11.4 Å². The molecule has 0 radical (unpaired) electrons. The van der Waals surface area contributed by atoms with Crippen LogP contribution < -0.4 is 5.32 Å². The number of nitrogens with zero attached hydrogens (tertiary/aromatic N) is 4. The lowest BCUT2D eigenvalue weighted by atomic mass is 10.1. The van der Waals surface area contributed by atoms with Crippen LogP contribution >= 0.6 is 0 Å². The van der Waals surface area contributed by atoms with Crippen LogP contribution in [0, 0.1) is 0 Å². The number of fused-ring (bicyclic) bond motifs is 1. The molecule has 0 bridgehead atoms. The molecular weight excluding hydrogens is 326 g/mol. The number of benzene rings is 1. The van der Waals surface area contributed by atoms with Gasteiger partial charge < -0.3 is 15.1 Å². The molecule has 1 atom stereocenters. The largest absolute Gasteiger partial charge is 0.334 e. The fourth-order valence-electron chi connectivity index (χ4n) is 3.75. The smallest absolute Gasteiger partial charge is 0.318 e. The van der Waals surface area contributed by atoms with Crippen LogP contribution in [-0.4, -0.2) is 51.5 Å². The molecule has 1 unspecified atom stereocenters. The number of likely N-dealkylation sites (N-methyl/N-ethyl adjacent to an activating group) is 1. The standard InChI is InChI=1S/C20H25N5O/c1-2-24-10-6-9-17(13-24)22-20(26)25-12-16-11-21-19(23-18(16)14-25)15-7-4-3-5-8-15/h3-5,7-8,11,17H,2,6,9-10,12-14H2,1H3,(H,22,26). The number of hydrogen-bond acceptors (Lipinski definition) is 4. The van der Waals surface area contributed by atoms with Crippen molar-refractivity contribution in [2.24, 2.45) is 0 Å². The van der Waals surface area contributed by atoms with E-state index in [1.165, 1.54) is 0 Å². The molecule has 1 saturated heterocycles. The first kappa shape index (κ1) is 17.0. The van der Waals surface area contributed by atoms with Gasteiger partial charge in [-0.15, -0.1) is 0 Å². The van der Waals surface area contributed by atoms with Gasteiger partial charge in [0.25, 0.3) is 0 Å². The third-order valence-electron chi connectivity index (χ3n) is 5.26. The summed E-state index contributed by atoms with van der Waals surface area (Å²) in [6.07, 6.45) is 4.06. The van der Waals surface area contributed by atoms with E-state index in [4.69, 9.17) is 0 Å². The van der Waals surface area contributed by atoms with Gasteiger partial charge in [0.05, 0.1) is 18.8 Å². The summed E-state index contributed by atoms with van der Waals surface area (Å²) in [6, 6.07) is 10.2. The van der Waals surface area contributed by atoms with Gasteiger partial charge in [0.2, 0.25) is 0 Å². The third kappa shape index (κ3) is 3.55. The predicted octanol–water partition coefficient (Wildman–Crippen LogP) is 2.65. The quantitative estimate of drug-likeness (QED) is 0.923. The minimum Gasteiger partial charge on any atom is -0.334 e. The summed E-state index contributed by atoms with van der Waals surface area (Å²) in [5.41, 5.74) is 2.99. The van der Waals surface area contributed by atoms with Gasteiger partial charge in [-0.25, -0.2) is 14.8 Å². The van der Waals surface area contributed by atoms with E-state index in [1.807, 2.05) is 41.4 Å². The fraction of sp³-hybridized carbons (Fsp3) is 0.450. The van der Waals surface area contributed by atoms with Gasteiger partial charge in [0.15, 0.2) is 5.82 Å². The number of piperidine rings is 1. The Morgan fingerprint density at radius 3 is 2.92 bits per heavy atom. The van der Waals surface area contributed by atoms with Crippen molar-refractivity contribution in [2.45, 2.75) is 38.9 Å². The Balaban J connectivity index is 1.41. The summed E-state index contributed by atoms with van der Waals surface area (Å²) < 4.78 is 0. The van der Waals surface area contributed by atoms with E-state index >= 15 is 0 Å². The molecule has 2 amide bonds. The molecule has 0 spiro atoms. The van der Waals surface area contributed by atoms with Crippen LogP contribution in [0.2, 0.25) is 0 Å². The highest BCUT2D eigenvalue weighted by atomic mass is 16.2. The van der Waals surface area contributed by atoms with Crippen molar-refractivity contribution < 1.29 is 4.79 Å². The molecular formula is C20H25N5O. The Morgan fingerprint density at radius 2 is 2.12 bits per heavy atom.